The van der Waals surface area contributed by atoms with Gasteiger partial charge in [-0.05, 0) is 46.0 Å². The van der Waals surface area contributed by atoms with Crippen LogP contribution in [-0.4, -0.2) is 48.1 Å². The van der Waals surface area contributed by atoms with E-state index in [1.165, 1.54) is 19.5 Å². The van der Waals surface area contributed by atoms with Crippen molar-refractivity contribution >= 4 is 29.9 Å². The summed E-state index contributed by atoms with van der Waals surface area (Å²) >= 11 is 0. The molecule has 2 rings (SSSR count). The van der Waals surface area contributed by atoms with Crippen LogP contribution in [0.15, 0.2) is 9.41 Å². The third kappa shape index (κ3) is 6.40. The highest BCUT2D eigenvalue weighted by atomic mass is 127. The van der Waals surface area contributed by atoms with E-state index in [-0.39, 0.29) is 29.5 Å². The first-order valence-corrected chi connectivity index (χ1v) is 9.33. The van der Waals surface area contributed by atoms with Gasteiger partial charge in [-0.3, -0.25) is 9.89 Å². The standard InChI is InChI=1S/C19H35N5O.HI/c1-13-8-14(2)11-24(10-13)19(5,6)12-22-18(20-7)21-9-17-23-15(3)16(4)25-17;/h13-14H,8-12H2,1-7H3,(H2,20,21,22);1H. The molecule has 1 aliphatic rings. The Morgan fingerprint density at radius 2 is 1.85 bits per heavy atom. The van der Waals surface area contributed by atoms with Crippen LogP contribution in [0.5, 0.6) is 0 Å². The Balaban J connectivity index is 0.00000338. The number of rotatable bonds is 5. The number of nitrogens with zero attached hydrogens (tertiary/aromatic N) is 3. The third-order valence-corrected chi connectivity index (χ3v) is 5.12. The van der Waals surface area contributed by atoms with Gasteiger partial charge in [-0.2, -0.15) is 0 Å². The van der Waals surface area contributed by atoms with Crippen LogP contribution >= 0.6 is 24.0 Å². The second kappa shape index (κ2) is 9.92. The van der Waals surface area contributed by atoms with E-state index in [9.17, 15) is 0 Å². The molecule has 2 atom stereocenters. The Bertz CT molecular complexity index is 569. The number of nitrogens with one attached hydrogen (secondary N) is 2. The molecule has 2 unspecified atom stereocenters. The molecule has 1 aromatic rings. The minimum atomic E-state index is 0. The first kappa shape index (κ1) is 23.2. The Labute approximate surface area is 175 Å². The zero-order valence-electron chi connectivity index (χ0n) is 17.3. The molecule has 0 spiro atoms. The molecule has 0 bridgehead atoms. The molecule has 7 heteroatoms. The van der Waals surface area contributed by atoms with Crippen LogP contribution in [0, 0.1) is 25.7 Å². The maximum atomic E-state index is 5.61. The van der Waals surface area contributed by atoms with Crippen molar-refractivity contribution in [2.24, 2.45) is 16.8 Å². The van der Waals surface area contributed by atoms with E-state index in [4.69, 9.17) is 4.42 Å². The smallest absolute Gasteiger partial charge is 0.214 e. The molecule has 1 aromatic heterocycles. The number of aliphatic imine (C=N–C) groups is 1. The number of oxazole rings is 1. The zero-order chi connectivity index (χ0) is 18.6. The highest BCUT2D eigenvalue weighted by Gasteiger charge is 2.32. The molecule has 0 aromatic carbocycles. The molecule has 26 heavy (non-hydrogen) atoms. The van der Waals surface area contributed by atoms with E-state index in [2.05, 4.69) is 53.2 Å². The second-order valence-corrected chi connectivity index (χ2v) is 8.19. The van der Waals surface area contributed by atoms with Gasteiger partial charge in [0, 0.05) is 32.2 Å². The zero-order valence-corrected chi connectivity index (χ0v) is 19.7. The van der Waals surface area contributed by atoms with Crippen molar-refractivity contribution in [3.05, 3.63) is 17.3 Å². The van der Waals surface area contributed by atoms with Crippen LogP contribution in [-0.2, 0) is 6.54 Å². The summed E-state index contributed by atoms with van der Waals surface area (Å²) in [6.07, 6.45) is 1.33. The Morgan fingerprint density at radius 3 is 2.35 bits per heavy atom. The lowest BCUT2D eigenvalue weighted by Gasteiger charge is -2.45. The fourth-order valence-corrected chi connectivity index (χ4v) is 3.56. The van der Waals surface area contributed by atoms with Gasteiger partial charge in [0.25, 0.3) is 0 Å². The predicted molar refractivity (Wildman–Crippen MR) is 118 cm³/mol. The molecule has 0 aliphatic carbocycles. The molecule has 6 nitrogen and oxygen atoms in total. The topological polar surface area (TPSA) is 65.7 Å². The second-order valence-electron chi connectivity index (χ2n) is 8.19. The summed E-state index contributed by atoms with van der Waals surface area (Å²) in [7, 11) is 1.79. The van der Waals surface area contributed by atoms with Crippen molar-refractivity contribution in [1.29, 1.82) is 0 Å². The van der Waals surface area contributed by atoms with Crippen molar-refractivity contribution in [1.82, 2.24) is 20.5 Å². The van der Waals surface area contributed by atoms with Crippen molar-refractivity contribution in [3.63, 3.8) is 0 Å². The van der Waals surface area contributed by atoms with E-state index in [0.29, 0.717) is 12.4 Å². The maximum Gasteiger partial charge on any atom is 0.214 e. The minimum absolute atomic E-state index is 0. The lowest BCUT2D eigenvalue weighted by atomic mass is 9.88. The third-order valence-electron chi connectivity index (χ3n) is 5.12. The van der Waals surface area contributed by atoms with Gasteiger partial charge in [-0.1, -0.05) is 13.8 Å². The fourth-order valence-electron chi connectivity index (χ4n) is 3.56. The van der Waals surface area contributed by atoms with Gasteiger partial charge < -0.3 is 15.1 Å². The fraction of sp³-hybridized carbons (Fsp3) is 0.789. The predicted octanol–water partition coefficient (Wildman–Crippen LogP) is 3.33. The van der Waals surface area contributed by atoms with Crippen LogP contribution in [0.2, 0.25) is 0 Å². The normalized spacial score (nSPS) is 22.0. The van der Waals surface area contributed by atoms with Gasteiger partial charge in [0.1, 0.15) is 5.76 Å². The van der Waals surface area contributed by atoms with Gasteiger partial charge in [-0.15, -0.1) is 24.0 Å². The largest absolute Gasteiger partial charge is 0.444 e. The SMILES string of the molecule is CN=C(NCc1nc(C)c(C)o1)NCC(C)(C)N1CC(C)CC(C)C1.I. The summed E-state index contributed by atoms with van der Waals surface area (Å²) in [5.74, 6) is 3.86. The lowest BCUT2D eigenvalue weighted by molar-refractivity contribution is 0.0483. The van der Waals surface area contributed by atoms with E-state index in [0.717, 1.165) is 35.8 Å². The number of likely N-dealkylation sites (tertiary alicyclic amines) is 1. The summed E-state index contributed by atoms with van der Waals surface area (Å²) in [6, 6.07) is 0. The first-order chi connectivity index (χ1) is 11.7. The summed E-state index contributed by atoms with van der Waals surface area (Å²) in [5.41, 5.74) is 1.02. The number of aromatic nitrogens is 1. The summed E-state index contributed by atoms with van der Waals surface area (Å²) in [6.45, 7) is 16.9. The number of hydrogen-bond donors (Lipinski definition) is 2. The molecule has 1 aliphatic heterocycles. The van der Waals surface area contributed by atoms with Crippen LogP contribution in [0.25, 0.3) is 0 Å². The van der Waals surface area contributed by atoms with Gasteiger partial charge in [0.2, 0.25) is 5.89 Å². The van der Waals surface area contributed by atoms with Gasteiger partial charge in [-0.25, -0.2) is 4.98 Å². The summed E-state index contributed by atoms with van der Waals surface area (Å²) in [4.78, 5) is 11.3. The van der Waals surface area contributed by atoms with Crippen molar-refractivity contribution < 1.29 is 4.42 Å². The van der Waals surface area contributed by atoms with E-state index in [1.54, 1.807) is 7.05 Å². The van der Waals surface area contributed by atoms with Gasteiger partial charge in [0.15, 0.2) is 5.96 Å². The molecule has 0 amide bonds. The van der Waals surface area contributed by atoms with Crippen LogP contribution in [0.4, 0.5) is 0 Å². The molecule has 1 saturated heterocycles. The van der Waals surface area contributed by atoms with E-state index in [1.807, 2.05) is 13.8 Å². The number of piperidine rings is 1. The highest BCUT2D eigenvalue weighted by Crippen LogP contribution is 2.26. The highest BCUT2D eigenvalue weighted by molar-refractivity contribution is 14.0. The number of guanidine groups is 1. The monoisotopic (exact) mass is 477 g/mol. The Morgan fingerprint density at radius 1 is 1.23 bits per heavy atom. The number of hydrogen-bond acceptors (Lipinski definition) is 4. The van der Waals surface area contributed by atoms with Gasteiger partial charge in [0.05, 0.1) is 12.2 Å². The average molecular weight is 477 g/mol. The minimum Gasteiger partial charge on any atom is -0.444 e. The summed E-state index contributed by atoms with van der Waals surface area (Å²) < 4.78 is 5.61. The molecule has 0 saturated carbocycles. The molecule has 2 heterocycles. The molecular weight excluding hydrogens is 441 g/mol. The molecule has 2 N–H and O–H groups in total. The number of aryl methyl sites for hydroxylation is 2. The Hall–Kier alpha value is -0.830. The van der Waals surface area contributed by atoms with Gasteiger partial charge >= 0.3 is 0 Å². The molecule has 1 fully saturated rings. The van der Waals surface area contributed by atoms with Crippen LogP contribution in [0.1, 0.15) is 51.5 Å². The van der Waals surface area contributed by atoms with Crippen molar-refractivity contribution in [2.75, 3.05) is 26.7 Å². The average Bonchev–Trinajstić information content (AvgIpc) is 2.85. The number of halogens is 1. The van der Waals surface area contributed by atoms with E-state index >= 15 is 0 Å². The summed E-state index contributed by atoms with van der Waals surface area (Å²) in [5, 5.41) is 6.74. The molecular formula is C19H36IN5O. The van der Waals surface area contributed by atoms with Crippen molar-refractivity contribution in [2.45, 2.75) is 60.0 Å². The quantitative estimate of drug-likeness (QED) is 0.387. The molecule has 150 valence electrons. The maximum absolute atomic E-state index is 5.61. The molecule has 0 radical (unpaired) electrons. The first-order valence-electron chi connectivity index (χ1n) is 9.33. The van der Waals surface area contributed by atoms with E-state index < -0.39 is 0 Å². The lowest BCUT2D eigenvalue weighted by Crippen LogP contribution is -2.57. The Kier molecular flexibility index (Phi) is 8.85. The van der Waals surface area contributed by atoms with Crippen LogP contribution < -0.4 is 10.6 Å². The van der Waals surface area contributed by atoms with Crippen LogP contribution in [0.3, 0.4) is 0 Å². The van der Waals surface area contributed by atoms with Crippen molar-refractivity contribution in [3.8, 4) is 0 Å².